The molecule has 1 N–H and O–H groups in total. The molecule has 4 heteroatoms. The molecule has 0 aliphatic rings. The Hall–Kier alpha value is -1.84. The molecule has 4 nitrogen and oxygen atoms in total. The normalized spacial score (nSPS) is 10.8. The number of benzene rings is 1. The zero-order valence-corrected chi connectivity index (χ0v) is 9.06. The Morgan fingerprint density at radius 2 is 2.31 bits per heavy atom. The highest BCUT2D eigenvalue weighted by Crippen LogP contribution is 2.21. The van der Waals surface area contributed by atoms with E-state index in [1.54, 1.807) is 0 Å². The summed E-state index contributed by atoms with van der Waals surface area (Å²) in [6, 6.07) is 5.81. The van der Waals surface area contributed by atoms with Crippen molar-refractivity contribution >= 4 is 17.1 Å². The monoisotopic (exact) mass is 219 g/mol. The predicted octanol–water partition coefficient (Wildman–Crippen LogP) is 2.41. The molecule has 2 aromatic rings. The van der Waals surface area contributed by atoms with Crippen LogP contribution in [0.2, 0.25) is 0 Å². The fraction of sp³-hybridized carbons (Fsp3) is 0.333. The molecule has 0 saturated carbocycles. The molecule has 0 spiro atoms. The second-order valence-corrected chi connectivity index (χ2v) is 3.62. The molecular weight excluding hydrogens is 206 g/mol. The van der Waals surface area contributed by atoms with Gasteiger partial charge in [0.05, 0.1) is 6.42 Å². The highest BCUT2D eigenvalue weighted by Gasteiger charge is 2.09. The first-order valence-electron chi connectivity index (χ1n) is 5.29. The number of carbonyl (C=O) groups is 1. The third-order valence-electron chi connectivity index (χ3n) is 2.47. The molecule has 16 heavy (non-hydrogen) atoms. The number of rotatable bonds is 4. The van der Waals surface area contributed by atoms with E-state index >= 15 is 0 Å². The summed E-state index contributed by atoms with van der Waals surface area (Å²) in [6.45, 7) is 2.05. The summed E-state index contributed by atoms with van der Waals surface area (Å²) in [5.74, 6) is -0.337. The number of nitrogens with zero attached hydrogens (tertiary/aromatic N) is 1. The summed E-state index contributed by atoms with van der Waals surface area (Å²) in [5, 5.41) is 8.58. The van der Waals surface area contributed by atoms with Crippen molar-refractivity contribution in [3.8, 4) is 0 Å². The van der Waals surface area contributed by atoms with Crippen LogP contribution in [0.4, 0.5) is 0 Å². The van der Waals surface area contributed by atoms with E-state index in [1.165, 1.54) is 0 Å². The first kappa shape index (κ1) is 10.7. The first-order chi connectivity index (χ1) is 7.70. The van der Waals surface area contributed by atoms with E-state index in [2.05, 4.69) is 4.98 Å². The maximum Gasteiger partial charge on any atom is 0.303 e. The third-order valence-corrected chi connectivity index (χ3v) is 2.47. The minimum absolute atomic E-state index is 0.0499. The van der Waals surface area contributed by atoms with E-state index in [4.69, 9.17) is 9.52 Å². The molecule has 0 bridgehead atoms. The van der Waals surface area contributed by atoms with Crippen LogP contribution in [0.1, 0.15) is 24.8 Å². The van der Waals surface area contributed by atoms with Crippen molar-refractivity contribution < 1.29 is 14.3 Å². The number of carboxylic acids is 1. The van der Waals surface area contributed by atoms with Gasteiger partial charge in [-0.05, 0) is 18.1 Å². The number of oxazole rings is 1. The number of aryl methyl sites for hydroxylation is 2. The number of para-hydroxylation sites is 1. The van der Waals surface area contributed by atoms with E-state index in [0.29, 0.717) is 12.3 Å². The fourth-order valence-electron chi connectivity index (χ4n) is 1.65. The molecule has 1 aromatic heterocycles. The maximum atomic E-state index is 10.4. The van der Waals surface area contributed by atoms with Gasteiger partial charge in [-0.25, -0.2) is 4.98 Å². The van der Waals surface area contributed by atoms with E-state index in [9.17, 15) is 4.79 Å². The van der Waals surface area contributed by atoms with Gasteiger partial charge in [0.15, 0.2) is 11.5 Å². The fourth-order valence-corrected chi connectivity index (χ4v) is 1.65. The topological polar surface area (TPSA) is 63.3 Å². The zero-order chi connectivity index (χ0) is 11.5. The van der Waals surface area contributed by atoms with Crippen LogP contribution < -0.4 is 0 Å². The molecule has 0 amide bonds. The minimum atomic E-state index is -0.835. The van der Waals surface area contributed by atoms with Crippen LogP contribution in [-0.2, 0) is 17.6 Å². The number of aliphatic carboxylic acids is 1. The highest BCUT2D eigenvalue weighted by atomic mass is 16.4. The Morgan fingerprint density at radius 1 is 1.50 bits per heavy atom. The highest BCUT2D eigenvalue weighted by molar-refractivity contribution is 5.76. The second kappa shape index (κ2) is 4.35. The van der Waals surface area contributed by atoms with Gasteiger partial charge in [0.2, 0.25) is 0 Å². The van der Waals surface area contributed by atoms with Gasteiger partial charge >= 0.3 is 5.97 Å². The largest absolute Gasteiger partial charge is 0.481 e. The van der Waals surface area contributed by atoms with E-state index < -0.39 is 5.97 Å². The maximum absolute atomic E-state index is 10.4. The van der Waals surface area contributed by atoms with Gasteiger partial charge in [0.25, 0.3) is 0 Å². The third kappa shape index (κ3) is 2.05. The summed E-state index contributed by atoms with van der Waals surface area (Å²) < 4.78 is 5.57. The summed E-state index contributed by atoms with van der Waals surface area (Å²) in [7, 11) is 0. The van der Waals surface area contributed by atoms with Gasteiger partial charge in [-0.2, -0.15) is 0 Å². The molecule has 0 aliphatic carbocycles. The minimum Gasteiger partial charge on any atom is -0.481 e. The van der Waals surface area contributed by atoms with Gasteiger partial charge < -0.3 is 9.52 Å². The van der Waals surface area contributed by atoms with Crippen molar-refractivity contribution in [1.82, 2.24) is 4.98 Å². The van der Waals surface area contributed by atoms with Gasteiger partial charge in [0.1, 0.15) is 5.52 Å². The number of carboxylic acid groups (broad SMARTS) is 1. The van der Waals surface area contributed by atoms with Gasteiger partial charge in [0, 0.05) is 6.42 Å². The number of hydrogen-bond acceptors (Lipinski definition) is 3. The first-order valence-corrected chi connectivity index (χ1v) is 5.29. The Balaban J connectivity index is 2.32. The molecule has 84 valence electrons. The van der Waals surface area contributed by atoms with E-state index in [0.717, 1.165) is 23.1 Å². The Labute approximate surface area is 92.9 Å². The number of aromatic nitrogens is 1. The Bertz CT molecular complexity index is 516. The summed E-state index contributed by atoms with van der Waals surface area (Å²) >= 11 is 0. The summed E-state index contributed by atoms with van der Waals surface area (Å²) in [4.78, 5) is 14.7. The molecule has 0 unspecified atom stereocenters. The van der Waals surface area contributed by atoms with Gasteiger partial charge in [-0.3, -0.25) is 4.79 Å². The zero-order valence-electron chi connectivity index (χ0n) is 9.06. The molecule has 0 fully saturated rings. The summed E-state index contributed by atoms with van der Waals surface area (Å²) in [5.41, 5.74) is 2.69. The lowest BCUT2D eigenvalue weighted by atomic mass is 10.1. The molecule has 1 aromatic carbocycles. The smallest absolute Gasteiger partial charge is 0.303 e. The molecule has 0 aliphatic heterocycles. The lowest BCUT2D eigenvalue weighted by Gasteiger charge is -1.94. The van der Waals surface area contributed by atoms with Crippen molar-refractivity contribution in [3.63, 3.8) is 0 Å². The van der Waals surface area contributed by atoms with Gasteiger partial charge in [-0.15, -0.1) is 0 Å². The van der Waals surface area contributed by atoms with Gasteiger partial charge in [-0.1, -0.05) is 19.1 Å². The Morgan fingerprint density at radius 3 is 3.00 bits per heavy atom. The lowest BCUT2D eigenvalue weighted by molar-refractivity contribution is -0.137. The number of fused-ring (bicyclic) bond motifs is 1. The van der Waals surface area contributed by atoms with Crippen LogP contribution in [0, 0.1) is 0 Å². The van der Waals surface area contributed by atoms with Crippen molar-refractivity contribution in [2.75, 3.05) is 0 Å². The van der Waals surface area contributed by atoms with Crippen LogP contribution in [0.5, 0.6) is 0 Å². The molecule has 0 atom stereocenters. The molecule has 1 heterocycles. The average Bonchev–Trinajstić information content (AvgIpc) is 2.68. The molecule has 2 rings (SSSR count). The van der Waals surface area contributed by atoms with Crippen LogP contribution in [0.25, 0.3) is 11.1 Å². The standard InChI is InChI=1S/C12H13NO3/c1-2-8-4-3-5-9-12(8)16-10(13-9)6-7-11(14)15/h3-5H,2,6-7H2,1H3,(H,14,15). The molecular formula is C12H13NO3. The van der Waals surface area contributed by atoms with E-state index in [1.807, 2.05) is 25.1 Å². The quantitative estimate of drug-likeness (QED) is 0.857. The predicted molar refractivity (Wildman–Crippen MR) is 59.3 cm³/mol. The van der Waals surface area contributed by atoms with Crippen molar-refractivity contribution in [2.45, 2.75) is 26.2 Å². The van der Waals surface area contributed by atoms with Crippen molar-refractivity contribution in [2.24, 2.45) is 0 Å². The van der Waals surface area contributed by atoms with Crippen molar-refractivity contribution in [3.05, 3.63) is 29.7 Å². The molecule has 0 saturated heterocycles. The number of hydrogen-bond donors (Lipinski definition) is 1. The molecule has 0 radical (unpaired) electrons. The lowest BCUT2D eigenvalue weighted by Crippen LogP contribution is -1.97. The SMILES string of the molecule is CCc1cccc2nc(CCC(=O)O)oc12. The Kier molecular flexibility index (Phi) is 2.90. The second-order valence-electron chi connectivity index (χ2n) is 3.62. The van der Waals surface area contributed by atoms with Crippen LogP contribution in [0.15, 0.2) is 22.6 Å². The van der Waals surface area contributed by atoms with Crippen molar-refractivity contribution in [1.29, 1.82) is 0 Å². The summed E-state index contributed by atoms with van der Waals surface area (Å²) in [6.07, 6.45) is 1.27. The van der Waals surface area contributed by atoms with Crippen LogP contribution in [-0.4, -0.2) is 16.1 Å². The van der Waals surface area contributed by atoms with Crippen LogP contribution in [0.3, 0.4) is 0 Å². The van der Waals surface area contributed by atoms with E-state index in [-0.39, 0.29) is 6.42 Å². The van der Waals surface area contributed by atoms with Crippen LogP contribution >= 0.6 is 0 Å². The average molecular weight is 219 g/mol.